The summed E-state index contributed by atoms with van der Waals surface area (Å²) in [4.78, 5) is 26.4. The van der Waals surface area contributed by atoms with Gasteiger partial charge < -0.3 is 15.1 Å². The zero-order valence-electron chi connectivity index (χ0n) is 15.2. The molecule has 0 bridgehead atoms. The lowest BCUT2D eigenvalue weighted by Crippen LogP contribution is -2.36. The number of hydrogen-bond acceptors (Lipinski definition) is 4. The van der Waals surface area contributed by atoms with Crippen LogP contribution >= 0.6 is 0 Å². The van der Waals surface area contributed by atoms with Crippen LogP contribution in [0.5, 0.6) is 0 Å². The van der Waals surface area contributed by atoms with E-state index in [1.165, 1.54) is 31.9 Å². The van der Waals surface area contributed by atoms with E-state index in [4.69, 9.17) is 4.42 Å². The van der Waals surface area contributed by atoms with Crippen molar-refractivity contribution in [3.05, 3.63) is 47.9 Å². The minimum atomic E-state index is -0.225. The van der Waals surface area contributed by atoms with E-state index in [9.17, 15) is 9.59 Å². The quantitative estimate of drug-likeness (QED) is 0.829. The number of rotatable bonds is 6. The molecule has 6 heteroatoms. The monoisotopic (exact) mass is 355 g/mol. The molecule has 1 heterocycles. The molecule has 2 aromatic rings. The number of aryl methyl sites for hydroxylation is 1. The van der Waals surface area contributed by atoms with Crippen molar-refractivity contribution >= 4 is 23.2 Å². The van der Waals surface area contributed by atoms with Gasteiger partial charge in [0.2, 0.25) is 5.91 Å². The van der Waals surface area contributed by atoms with Gasteiger partial charge in [0, 0.05) is 17.4 Å². The van der Waals surface area contributed by atoms with Crippen molar-refractivity contribution < 1.29 is 14.0 Å². The first-order valence-electron chi connectivity index (χ1n) is 8.98. The van der Waals surface area contributed by atoms with Crippen LogP contribution in [0.25, 0.3) is 0 Å². The van der Waals surface area contributed by atoms with E-state index in [2.05, 4.69) is 15.5 Å². The van der Waals surface area contributed by atoms with Gasteiger partial charge in [-0.1, -0.05) is 12.8 Å². The van der Waals surface area contributed by atoms with Crippen molar-refractivity contribution in [3.63, 3.8) is 0 Å². The van der Waals surface area contributed by atoms with Gasteiger partial charge in [-0.3, -0.25) is 14.5 Å². The Labute approximate surface area is 153 Å². The predicted molar refractivity (Wildman–Crippen MR) is 101 cm³/mol. The highest BCUT2D eigenvalue weighted by molar-refractivity contribution is 6.04. The van der Waals surface area contributed by atoms with Crippen molar-refractivity contribution in [2.24, 2.45) is 0 Å². The SMILES string of the molecule is Cc1cc(C(=O)Nc2ccc(NC(=O)CN(C)C3CCCC3)cc2)co1. The molecule has 3 rings (SSSR count). The number of likely N-dealkylation sites (N-methyl/N-ethyl adjacent to an activating group) is 1. The summed E-state index contributed by atoms with van der Waals surface area (Å²) >= 11 is 0. The maximum atomic E-state index is 12.2. The van der Waals surface area contributed by atoms with Crippen molar-refractivity contribution in [3.8, 4) is 0 Å². The second-order valence-electron chi connectivity index (χ2n) is 6.88. The van der Waals surface area contributed by atoms with Crippen LogP contribution in [0.15, 0.2) is 41.0 Å². The molecule has 0 spiro atoms. The van der Waals surface area contributed by atoms with E-state index >= 15 is 0 Å². The zero-order chi connectivity index (χ0) is 18.5. The summed E-state index contributed by atoms with van der Waals surface area (Å²) in [7, 11) is 2.01. The molecule has 2 amide bonds. The number of benzene rings is 1. The van der Waals surface area contributed by atoms with Crippen LogP contribution in [0.4, 0.5) is 11.4 Å². The second-order valence-corrected chi connectivity index (χ2v) is 6.88. The van der Waals surface area contributed by atoms with Crippen LogP contribution in [-0.4, -0.2) is 36.3 Å². The second kappa shape index (κ2) is 8.19. The fourth-order valence-electron chi connectivity index (χ4n) is 3.30. The van der Waals surface area contributed by atoms with Crippen LogP contribution in [0, 0.1) is 6.92 Å². The number of amides is 2. The fourth-order valence-corrected chi connectivity index (χ4v) is 3.30. The van der Waals surface area contributed by atoms with Crippen LogP contribution in [0.1, 0.15) is 41.8 Å². The van der Waals surface area contributed by atoms with Gasteiger partial charge in [0.05, 0.1) is 12.1 Å². The number of carbonyl (C=O) groups excluding carboxylic acids is 2. The van der Waals surface area contributed by atoms with Crippen molar-refractivity contribution in [1.82, 2.24) is 4.90 Å². The molecule has 1 fully saturated rings. The van der Waals surface area contributed by atoms with Crippen molar-refractivity contribution in [2.75, 3.05) is 24.2 Å². The number of furan rings is 1. The topological polar surface area (TPSA) is 74.6 Å². The summed E-state index contributed by atoms with van der Waals surface area (Å²) < 4.78 is 5.14. The van der Waals surface area contributed by atoms with E-state index in [0.717, 1.165) is 0 Å². The van der Waals surface area contributed by atoms with Gasteiger partial charge >= 0.3 is 0 Å². The third-order valence-electron chi connectivity index (χ3n) is 4.76. The highest BCUT2D eigenvalue weighted by Crippen LogP contribution is 2.22. The zero-order valence-corrected chi connectivity index (χ0v) is 15.2. The Morgan fingerprint density at radius 2 is 1.73 bits per heavy atom. The molecule has 1 aliphatic rings. The predicted octanol–water partition coefficient (Wildman–Crippen LogP) is 3.65. The molecule has 1 aromatic heterocycles. The van der Waals surface area contributed by atoms with E-state index in [1.54, 1.807) is 37.3 Å². The summed E-state index contributed by atoms with van der Waals surface area (Å²) in [5.41, 5.74) is 1.86. The Bertz CT molecular complexity index is 761. The number of anilines is 2. The standard InChI is InChI=1S/C20H25N3O3/c1-14-11-15(13-26-14)20(25)22-17-9-7-16(8-10-17)21-19(24)12-23(2)18-5-3-4-6-18/h7-11,13,18H,3-6,12H2,1-2H3,(H,21,24)(H,22,25). The molecule has 0 saturated heterocycles. The van der Waals surface area contributed by atoms with Crippen molar-refractivity contribution in [1.29, 1.82) is 0 Å². The Morgan fingerprint density at radius 1 is 1.12 bits per heavy atom. The smallest absolute Gasteiger partial charge is 0.258 e. The average Bonchev–Trinajstić information content (AvgIpc) is 3.28. The molecular weight excluding hydrogens is 330 g/mol. The maximum Gasteiger partial charge on any atom is 0.258 e. The third kappa shape index (κ3) is 4.73. The van der Waals surface area contributed by atoms with Gasteiger partial charge in [0.1, 0.15) is 12.0 Å². The van der Waals surface area contributed by atoms with Gasteiger partial charge in [-0.15, -0.1) is 0 Å². The molecule has 138 valence electrons. The highest BCUT2D eigenvalue weighted by atomic mass is 16.3. The molecule has 1 aromatic carbocycles. The van der Waals surface area contributed by atoms with E-state index in [0.29, 0.717) is 35.3 Å². The van der Waals surface area contributed by atoms with Gasteiger partial charge in [-0.05, 0) is 57.1 Å². The molecule has 1 saturated carbocycles. The lowest BCUT2D eigenvalue weighted by Gasteiger charge is -2.23. The molecule has 0 aliphatic heterocycles. The maximum absolute atomic E-state index is 12.2. The molecule has 2 N–H and O–H groups in total. The van der Waals surface area contributed by atoms with Gasteiger partial charge in [0.15, 0.2) is 0 Å². The summed E-state index contributed by atoms with van der Waals surface area (Å²) in [6.45, 7) is 2.18. The minimum Gasteiger partial charge on any atom is -0.469 e. The Morgan fingerprint density at radius 3 is 2.31 bits per heavy atom. The van der Waals surface area contributed by atoms with E-state index < -0.39 is 0 Å². The van der Waals surface area contributed by atoms with Crippen LogP contribution in [0.2, 0.25) is 0 Å². The molecular formula is C20H25N3O3. The normalized spacial score (nSPS) is 14.6. The molecule has 0 radical (unpaired) electrons. The van der Waals surface area contributed by atoms with Crippen LogP contribution in [0.3, 0.4) is 0 Å². The fraction of sp³-hybridized carbons (Fsp3) is 0.400. The number of hydrogen-bond donors (Lipinski definition) is 2. The first-order valence-corrected chi connectivity index (χ1v) is 8.98. The summed E-state index contributed by atoms with van der Waals surface area (Å²) in [6.07, 6.45) is 6.28. The van der Waals surface area contributed by atoms with Gasteiger partial charge in [-0.25, -0.2) is 0 Å². The lowest BCUT2D eigenvalue weighted by molar-refractivity contribution is -0.117. The van der Waals surface area contributed by atoms with Crippen molar-refractivity contribution in [2.45, 2.75) is 38.6 Å². The largest absolute Gasteiger partial charge is 0.469 e. The lowest BCUT2D eigenvalue weighted by atomic mass is 10.2. The summed E-state index contributed by atoms with van der Waals surface area (Å²) in [5.74, 6) is 0.442. The first-order chi connectivity index (χ1) is 12.5. The number of nitrogens with one attached hydrogen (secondary N) is 2. The molecule has 0 unspecified atom stereocenters. The van der Waals surface area contributed by atoms with E-state index in [1.807, 2.05) is 7.05 Å². The minimum absolute atomic E-state index is 0.0231. The third-order valence-corrected chi connectivity index (χ3v) is 4.76. The molecule has 0 atom stereocenters. The number of carbonyl (C=O) groups is 2. The first kappa shape index (κ1) is 18.2. The molecule has 26 heavy (non-hydrogen) atoms. The van der Waals surface area contributed by atoms with E-state index in [-0.39, 0.29) is 11.8 Å². The summed E-state index contributed by atoms with van der Waals surface area (Å²) in [5, 5.41) is 5.71. The summed E-state index contributed by atoms with van der Waals surface area (Å²) in [6, 6.07) is 9.30. The van der Waals surface area contributed by atoms with Gasteiger partial charge in [0.25, 0.3) is 5.91 Å². The molecule has 1 aliphatic carbocycles. The highest BCUT2D eigenvalue weighted by Gasteiger charge is 2.21. The Kier molecular flexibility index (Phi) is 5.73. The van der Waals surface area contributed by atoms with Gasteiger partial charge in [-0.2, -0.15) is 0 Å². The number of nitrogens with zero attached hydrogens (tertiary/aromatic N) is 1. The molecule has 6 nitrogen and oxygen atoms in total. The Hall–Kier alpha value is -2.60. The van der Waals surface area contributed by atoms with Crippen LogP contribution < -0.4 is 10.6 Å². The average molecular weight is 355 g/mol. The van der Waals surface area contributed by atoms with Crippen LogP contribution in [-0.2, 0) is 4.79 Å². The Balaban J connectivity index is 1.50.